The molecular formula is C14H18N2O2S. The maximum absolute atomic E-state index is 11.9. The molecule has 0 bridgehead atoms. The van der Waals surface area contributed by atoms with Gasteiger partial charge in [0.25, 0.3) is 5.91 Å². The van der Waals surface area contributed by atoms with Crippen LogP contribution < -0.4 is 5.32 Å². The number of nitrogens with one attached hydrogen (secondary N) is 2. The Morgan fingerprint density at radius 1 is 1.32 bits per heavy atom. The third kappa shape index (κ3) is 4.01. The van der Waals surface area contributed by atoms with Gasteiger partial charge >= 0.3 is 0 Å². The molecule has 19 heavy (non-hydrogen) atoms. The molecular weight excluding hydrogens is 260 g/mol. The summed E-state index contributed by atoms with van der Waals surface area (Å²) in [6.07, 6.45) is 2.67. The van der Waals surface area contributed by atoms with Crippen LogP contribution in [0.5, 0.6) is 0 Å². The van der Waals surface area contributed by atoms with Crippen molar-refractivity contribution >= 4 is 28.6 Å². The monoisotopic (exact) mass is 278 g/mol. The molecule has 4 nitrogen and oxygen atoms in total. The van der Waals surface area contributed by atoms with E-state index >= 15 is 0 Å². The molecule has 102 valence electrons. The number of amides is 1. The number of fused-ring (bicyclic) bond motifs is 1. The zero-order valence-corrected chi connectivity index (χ0v) is 11.5. The van der Waals surface area contributed by atoms with Crippen LogP contribution in [0, 0.1) is 0 Å². The van der Waals surface area contributed by atoms with E-state index in [-0.39, 0.29) is 12.5 Å². The molecule has 0 fully saturated rings. The lowest BCUT2D eigenvalue weighted by Crippen LogP contribution is -2.25. The highest BCUT2D eigenvalue weighted by atomic mass is 32.2. The van der Waals surface area contributed by atoms with Gasteiger partial charge in [-0.25, -0.2) is 0 Å². The molecule has 0 radical (unpaired) electrons. The zero-order valence-electron chi connectivity index (χ0n) is 10.7. The number of aromatic amines is 1. The van der Waals surface area contributed by atoms with Crippen LogP contribution >= 0.6 is 11.8 Å². The van der Waals surface area contributed by atoms with Crippen molar-refractivity contribution in [1.82, 2.24) is 10.3 Å². The molecule has 2 rings (SSSR count). The Morgan fingerprint density at radius 3 is 3.05 bits per heavy atom. The number of hydrogen-bond acceptors (Lipinski definition) is 3. The van der Waals surface area contributed by atoms with Crippen LogP contribution in [0.25, 0.3) is 10.9 Å². The van der Waals surface area contributed by atoms with Gasteiger partial charge in [0.05, 0.1) is 0 Å². The van der Waals surface area contributed by atoms with E-state index in [1.54, 1.807) is 11.8 Å². The van der Waals surface area contributed by atoms with Crippen molar-refractivity contribution in [1.29, 1.82) is 0 Å². The first-order valence-electron chi connectivity index (χ1n) is 6.35. The van der Waals surface area contributed by atoms with E-state index in [0.29, 0.717) is 12.1 Å². The lowest BCUT2D eigenvalue weighted by Gasteiger charge is -2.05. The molecule has 1 amide bonds. The minimum Gasteiger partial charge on any atom is -0.396 e. The van der Waals surface area contributed by atoms with Crippen LogP contribution in [0.15, 0.2) is 30.5 Å². The van der Waals surface area contributed by atoms with E-state index in [0.717, 1.165) is 28.8 Å². The fourth-order valence-corrected chi connectivity index (χ4v) is 2.58. The number of rotatable bonds is 7. The molecule has 0 saturated carbocycles. The lowest BCUT2D eigenvalue weighted by molar-refractivity contribution is 0.0956. The minimum atomic E-state index is -0.0424. The van der Waals surface area contributed by atoms with Crippen molar-refractivity contribution < 1.29 is 9.90 Å². The summed E-state index contributed by atoms with van der Waals surface area (Å²) >= 11 is 1.74. The molecule has 3 N–H and O–H groups in total. The quantitative estimate of drug-likeness (QED) is 0.679. The van der Waals surface area contributed by atoms with E-state index in [4.69, 9.17) is 5.11 Å². The maximum atomic E-state index is 11.9. The van der Waals surface area contributed by atoms with E-state index in [2.05, 4.69) is 10.3 Å². The number of aliphatic hydroxyl groups excluding tert-OH is 1. The van der Waals surface area contributed by atoms with Gasteiger partial charge in [-0.15, -0.1) is 0 Å². The van der Waals surface area contributed by atoms with E-state index < -0.39 is 0 Å². The first kappa shape index (κ1) is 14.0. The molecule has 1 heterocycles. The highest BCUT2D eigenvalue weighted by molar-refractivity contribution is 7.99. The summed E-state index contributed by atoms with van der Waals surface area (Å²) in [5.41, 5.74) is 1.65. The summed E-state index contributed by atoms with van der Waals surface area (Å²) in [5, 5.41) is 12.6. The molecule has 0 aliphatic rings. The number of benzene rings is 1. The van der Waals surface area contributed by atoms with Crippen LogP contribution in [-0.4, -0.2) is 40.7 Å². The molecule has 1 aromatic carbocycles. The average molecular weight is 278 g/mol. The van der Waals surface area contributed by atoms with Crippen molar-refractivity contribution in [2.45, 2.75) is 6.42 Å². The second-order valence-corrected chi connectivity index (χ2v) is 5.45. The van der Waals surface area contributed by atoms with Crippen molar-refractivity contribution in [3.63, 3.8) is 0 Å². The van der Waals surface area contributed by atoms with Crippen molar-refractivity contribution in [3.05, 3.63) is 36.0 Å². The summed E-state index contributed by atoms with van der Waals surface area (Å²) in [6.45, 7) is 0.882. The fraction of sp³-hybridized carbons (Fsp3) is 0.357. The second kappa shape index (κ2) is 7.21. The van der Waals surface area contributed by atoms with Crippen molar-refractivity contribution in [2.75, 3.05) is 24.7 Å². The molecule has 0 saturated heterocycles. The van der Waals surface area contributed by atoms with Gasteiger partial charge in [-0.1, -0.05) is 6.07 Å². The van der Waals surface area contributed by atoms with Crippen molar-refractivity contribution in [2.24, 2.45) is 0 Å². The average Bonchev–Trinajstić information content (AvgIpc) is 2.89. The largest absolute Gasteiger partial charge is 0.396 e. The van der Waals surface area contributed by atoms with Gasteiger partial charge < -0.3 is 15.4 Å². The number of aliphatic hydroxyl groups is 1. The molecule has 5 heteroatoms. The van der Waals surface area contributed by atoms with Crippen LogP contribution in [0.3, 0.4) is 0 Å². The Kier molecular flexibility index (Phi) is 5.30. The normalized spacial score (nSPS) is 10.8. The molecule has 0 aliphatic carbocycles. The Labute approximate surface area is 116 Å². The number of carbonyl (C=O) groups is 1. The highest BCUT2D eigenvalue weighted by Crippen LogP contribution is 2.14. The standard InChI is InChI=1S/C14H18N2O2S/c17-7-1-8-19-9-6-16-14(18)12-3-2-11-4-5-15-13(11)10-12/h2-5,10,15,17H,1,6-9H2,(H,16,18). The molecule has 0 spiro atoms. The Bertz CT molecular complexity index is 539. The van der Waals surface area contributed by atoms with E-state index in [1.165, 1.54) is 0 Å². The topological polar surface area (TPSA) is 65.1 Å². The van der Waals surface area contributed by atoms with Crippen LogP contribution in [0.4, 0.5) is 0 Å². The molecule has 0 unspecified atom stereocenters. The summed E-state index contributed by atoms with van der Waals surface area (Å²) < 4.78 is 0. The molecule has 0 atom stereocenters. The lowest BCUT2D eigenvalue weighted by atomic mass is 10.1. The Hall–Kier alpha value is -1.46. The summed E-state index contributed by atoms with van der Waals surface area (Å²) in [7, 11) is 0. The Morgan fingerprint density at radius 2 is 2.21 bits per heavy atom. The number of carbonyl (C=O) groups excluding carboxylic acids is 1. The van der Waals surface area contributed by atoms with Gasteiger partial charge in [0.1, 0.15) is 0 Å². The number of thioether (sulfide) groups is 1. The van der Waals surface area contributed by atoms with Gasteiger partial charge in [0.2, 0.25) is 0 Å². The van der Waals surface area contributed by atoms with Crippen LogP contribution in [0.1, 0.15) is 16.8 Å². The second-order valence-electron chi connectivity index (χ2n) is 4.23. The predicted molar refractivity (Wildman–Crippen MR) is 79.7 cm³/mol. The van der Waals surface area contributed by atoms with Crippen LogP contribution in [-0.2, 0) is 0 Å². The smallest absolute Gasteiger partial charge is 0.251 e. The van der Waals surface area contributed by atoms with Crippen molar-refractivity contribution in [3.8, 4) is 0 Å². The van der Waals surface area contributed by atoms with Gasteiger partial charge in [-0.05, 0) is 35.8 Å². The fourth-order valence-electron chi connectivity index (χ4n) is 1.80. The maximum Gasteiger partial charge on any atom is 0.251 e. The summed E-state index contributed by atoms with van der Waals surface area (Å²) in [6, 6.07) is 7.62. The van der Waals surface area contributed by atoms with Crippen LogP contribution in [0.2, 0.25) is 0 Å². The predicted octanol–water partition coefficient (Wildman–Crippen LogP) is 2.01. The van der Waals surface area contributed by atoms with E-state index in [1.807, 2.05) is 30.5 Å². The van der Waals surface area contributed by atoms with Gasteiger partial charge in [0.15, 0.2) is 0 Å². The van der Waals surface area contributed by atoms with Gasteiger partial charge in [-0.3, -0.25) is 4.79 Å². The first-order chi connectivity index (χ1) is 9.31. The number of H-pyrrole nitrogens is 1. The third-order valence-electron chi connectivity index (χ3n) is 2.80. The highest BCUT2D eigenvalue weighted by Gasteiger charge is 2.05. The Balaban J connectivity index is 1.79. The van der Waals surface area contributed by atoms with Gasteiger partial charge in [0, 0.05) is 36.2 Å². The first-order valence-corrected chi connectivity index (χ1v) is 7.50. The number of hydrogen-bond donors (Lipinski definition) is 3. The van der Waals surface area contributed by atoms with Gasteiger partial charge in [-0.2, -0.15) is 11.8 Å². The van der Waals surface area contributed by atoms with E-state index in [9.17, 15) is 4.79 Å². The number of aromatic nitrogens is 1. The zero-order chi connectivity index (χ0) is 13.5. The SMILES string of the molecule is O=C(NCCSCCCO)c1ccc2cc[nH]c2c1. The summed E-state index contributed by atoms with van der Waals surface area (Å²) in [4.78, 5) is 15.0. The minimum absolute atomic E-state index is 0.0424. The third-order valence-corrected chi connectivity index (χ3v) is 3.87. The molecule has 1 aromatic heterocycles. The summed E-state index contributed by atoms with van der Waals surface area (Å²) in [5.74, 6) is 1.76. The molecule has 2 aromatic rings. The molecule has 0 aliphatic heterocycles.